The third-order valence-corrected chi connectivity index (χ3v) is 9.76. The van der Waals surface area contributed by atoms with Gasteiger partial charge in [0.05, 0.1) is 12.6 Å². The number of fused-ring (bicyclic) bond motifs is 1. The normalized spacial score (nSPS) is 18.7. The van der Waals surface area contributed by atoms with Gasteiger partial charge in [0.2, 0.25) is 5.91 Å². The molecule has 4 rings (SSSR count). The highest BCUT2D eigenvalue weighted by Crippen LogP contribution is 2.31. The van der Waals surface area contributed by atoms with Crippen LogP contribution in [0, 0.1) is 23.7 Å². The van der Waals surface area contributed by atoms with Gasteiger partial charge in [0.15, 0.2) is 5.78 Å². The number of hydrogen-bond donors (Lipinski definition) is 3. The highest BCUT2D eigenvalue weighted by atomic mass is 16.2. The average Bonchev–Trinajstić information content (AvgIpc) is 3.08. The van der Waals surface area contributed by atoms with Crippen molar-refractivity contribution in [3.8, 4) is 0 Å². The van der Waals surface area contributed by atoms with E-state index >= 15 is 0 Å². The van der Waals surface area contributed by atoms with Crippen LogP contribution >= 0.6 is 0 Å². The van der Waals surface area contributed by atoms with Gasteiger partial charge >= 0.3 is 0 Å². The molecule has 3 unspecified atom stereocenters. The van der Waals surface area contributed by atoms with E-state index in [9.17, 15) is 19.2 Å². The summed E-state index contributed by atoms with van der Waals surface area (Å²) < 4.78 is 7.66. The Morgan fingerprint density at radius 2 is 1.55 bits per heavy atom. The van der Waals surface area contributed by atoms with Crippen molar-refractivity contribution in [3.05, 3.63) is 83.4 Å². The second-order valence-corrected chi connectivity index (χ2v) is 14.0. The molecule has 0 heterocycles. The summed E-state index contributed by atoms with van der Waals surface area (Å²) in [5.74, 6) is 0.153. The first-order chi connectivity index (χ1) is 23.0. The van der Waals surface area contributed by atoms with Crippen LogP contribution in [0.2, 0.25) is 1.41 Å². The van der Waals surface area contributed by atoms with E-state index in [4.69, 9.17) is 1.41 Å². The summed E-state index contributed by atoms with van der Waals surface area (Å²) in [5, 5.41) is 8.31. The van der Waals surface area contributed by atoms with Crippen LogP contribution in [-0.2, 0) is 32.0 Å². The van der Waals surface area contributed by atoms with Gasteiger partial charge in [-0.3, -0.25) is 19.2 Å². The molecule has 3 aromatic carbocycles. The number of carbonyl (C=O) groups is 4. The van der Waals surface area contributed by atoms with Gasteiger partial charge in [-0.1, -0.05) is 87.5 Å². The fraction of sp³-hybridized carbons (Fsp3) is 0.500. The number of amides is 1. The second-order valence-electron chi connectivity index (χ2n) is 14.0. The van der Waals surface area contributed by atoms with E-state index in [-0.39, 0.29) is 66.4 Å². The molecule has 0 bridgehead atoms. The Hall–Kier alpha value is -3.68. The molecule has 0 aromatic heterocycles. The molecule has 7 nitrogen and oxygen atoms in total. The van der Waals surface area contributed by atoms with Crippen LogP contribution in [-0.4, -0.2) is 48.9 Å². The Morgan fingerprint density at radius 3 is 2.21 bits per heavy atom. The standard InChI is InChI=1S/C40H53N3O4/c1-26(2)19-29-9-14-32(15-10-29)27(3)39(46)25-42-24-37(41)40(47)43-23-30-11-17-34(18-12-30)38(45)22-36(28(4)44)21-31-13-16-33-7-5-6-8-35(33)20-31/h5-10,13-16,20,26-27,30,34,36-37,42H,11-12,17-19,21-25,41H2,1-4H3,(H,43,47)/i/hD. The highest BCUT2D eigenvalue weighted by molar-refractivity contribution is 5.89. The molecule has 1 aliphatic rings. The van der Waals surface area contributed by atoms with Crippen molar-refractivity contribution >= 4 is 34.0 Å². The SMILES string of the molecule is [2H]NC(CNCC(=O)C(C)c1ccc(CC(C)C)cc1)C(=O)NCC1CCC(C(=O)CC(Cc2ccc3ccccc3c2)C(C)=O)CC1. The fourth-order valence-corrected chi connectivity index (χ4v) is 6.66. The van der Waals surface area contributed by atoms with Gasteiger partial charge in [0.1, 0.15) is 13.0 Å². The van der Waals surface area contributed by atoms with E-state index in [1.165, 1.54) is 5.56 Å². The summed E-state index contributed by atoms with van der Waals surface area (Å²) in [6.07, 6.45) is 5.00. The molecule has 1 saturated carbocycles. The molecule has 0 aliphatic heterocycles. The third-order valence-electron chi connectivity index (χ3n) is 9.76. The molecule has 3 atom stereocenters. The van der Waals surface area contributed by atoms with Crippen LogP contribution in [0.1, 0.15) is 82.4 Å². The molecular formula is C40H53N3O4. The summed E-state index contributed by atoms with van der Waals surface area (Å²) in [6.45, 7) is 8.61. The van der Waals surface area contributed by atoms with E-state index in [1.807, 2.05) is 37.3 Å². The minimum Gasteiger partial charge on any atom is -0.354 e. The molecule has 1 amide bonds. The Labute approximate surface area is 281 Å². The molecule has 4 N–H and O–H groups in total. The number of rotatable bonds is 18. The zero-order valence-electron chi connectivity index (χ0n) is 29.5. The molecule has 7 heteroatoms. The molecule has 0 radical (unpaired) electrons. The van der Waals surface area contributed by atoms with Crippen LogP contribution < -0.4 is 16.4 Å². The van der Waals surface area contributed by atoms with Gasteiger partial charge in [-0.15, -0.1) is 0 Å². The van der Waals surface area contributed by atoms with Crippen LogP contribution in [0.3, 0.4) is 0 Å². The van der Waals surface area contributed by atoms with Gasteiger partial charge in [0.25, 0.3) is 0 Å². The summed E-state index contributed by atoms with van der Waals surface area (Å²) in [7, 11) is 0. The number of hydrogen-bond acceptors (Lipinski definition) is 6. The van der Waals surface area contributed by atoms with Gasteiger partial charge < -0.3 is 16.4 Å². The minimum absolute atomic E-state index is 0.0327. The van der Waals surface area contributed by atoms with Gasteiger partial charge in [-0.2, -0.15) is 0 Å². The minimum atomic E-state index is -0.785. The topological polar surface area (TPSA) is 118 Å². The Bertz CT molecular complexity index is 1530. The summed E-state index contributed by atoms with van der Waals surface area (Å²) in [4.78, 5) is 51.4. The summed E-state index contributed by atoms with van der Waals surface area (Å²) in [6, 6.07) is 21.8. The van der Waals surface area contributed by atoms with Gasteiger partial charge in [0, 0.05) is 37.3 Å². The van der Waals surface area contributed by atoms with E-state index in [1.54, 1.807) is 6.92 Å². The van der Waals surface area contributed by atoms with Crippen molar-refractivity contribution in [2.75, 3.05) is 19.6 Å². The number of carbonyl (C=O) groups excluding carboxylic acids is 4. The van der Waals surface area contributed by atoms with Crippen LogP contribution in [0.5, 0.6) is 0 Å². The van der Waals surface area contributed by atoms with Crippen LogP contribution in [0.4, 0.5) is 0 Å². The van der Waals surface area contributed by atoms with Crippen molar-refractivity contribution in [2.45, 2.75) is 84.6 Å². The third kappa shape index (κ3) is 10.9. The molecule has 252 valence electrons. The molecule has 0 saturated heterocycles. The zero-order valence-corrected chi connectivity index (χ0v) is 28.5. The number of nitrogens with two attached hydrogens (primary N) is 1. The maximum Gasteiger partial charge on any atom is 0.238 e. The van der Waals surface area contributed by atoms with Crippen LogP contribution in [0.15, 0.2) is 66.7 Å². The Balaban J connectivity index is 1.16. The van der Waals surface area contributed by atoms with Crippen LogP contribution in [0.25, 0.3) is 10.8 Å². The highest BCUT2D eigenvalue weighted by Gasteiger charge is 2.29. The number of nitrogens with one attached hydrogen (secondary N) is 2. The van der Waals surface area contributed by atoms with Crippen molar-refractivity contribution in [3.63, 3.8) is 0 Å². The lowest BCUT2D eigenvalue weighted by molar-refractivity contribution is -0.129. The quantitative estimate of drug-likeness (QED) is 0.158. The predicted octanol–water partition coefficient (Wildman–Crippen LogP) is 5.96. The van der Waals surface area contributed by atoms with Crippen molar-refractivity contribution in [1.82, 2.24) is 10.6 Å². The summed E-state index contributed by atoms with van der Waals surface area (Å²) >= 11 is 0. The maximum atomic E-state index is 13.3. The van der Waals surface area contributed by atoms with Crippen molar-refractivity contribution < 1.29 is 20.6 Å². The fourth-order valence-electron chi connectivity index (χ4n) is 6.66. The van der Waals surface area contributed by atoms with E-state index in [0.717, 1.165) is 54.0 Å². The average molecular weight is 641 g/mol. The van der Waals surface area contributed by atoms with Crippen molar-refractivity contribution in [1.29, 1.82) is 0 Å². The lowest BCUT2D eigenvalue weighted by Crippen LogP contribution is -2.48. The molecule has 3 aromatic rings. The van der Waals surface area contributed by atoms with E-state index in [0.29, 0.717) is 18.9 Å². The molecular weight excluding hydrogens is 586 g/mol. The number of Topliss-reactive ketones (excluding diaryl/α,β-unsaturated/α-hetero) is 3. The zero-order chi connectivity index (χ0) is 34.6. The number of benzene rings is 3. The first kappa shape index (κ1) is 34.6. The first-order valence-electron chi connectivity index (χ1n) is 17.8. The number of ketones is 3. The monoisotopic (exact) mass is 640 g/mol. The lowest BCUT2D eigenvalue weighted by Gasteiger charge is -2.29. The molecule has 0 spiro atoms. The van der Waals surface area contributed by atoms with Gasteiger partial charge in [-0.25, -0.2) is 0 Å². The smallest absolute Gasteiger partial charge is 0.238 e. The largest absolute Gasteiger partial charge is 0.354 e. The summed E-state index contributed by atoms with van der Waals surface area (Å²) in [5.41, 5.74) is 5.61. The van der Waals surface area contributed by atoms with Crippen molar-refractivity contribution in [2.24, 2.45) is 29.4 Å². The van der Waals surface area contributed by atoms with E-state index in [2.05, 4.69) is 66.6 Å². The molecule has 1 aliphatic carbocycles. The first-order valence-corrected chi connectivity index (χ1v) is 17.3. The maximum absolute atomic E-state index is 13.3. The van der Waals surface area contributed by atoms with E-state index < -0.39 is 6.04 Å². The van der Waals surface area contributed by atoms with Gasteiger partial charge in [-0.05, 0) is 84.7 Å². The molecule has 1 fully saturated rings. The Morgan fingerprint density at radius 1 is 0.872 bits per heavy atom. The lowest BCUT2D eigenvalue weighted by atomic mass is 9.77. The Kier molecular flexibility index (Phi) is 12.9. The molecule has 47 heavy (non-hydrogen) atoms. The predicted molar refractivity (Wildman–Crippen MR) is 189 cm³/mol. The second kappa shape index (κ2) is 17.5.